The van der Waals surface area contributed by atoms with E-state index >= 15 is 0 Å². The van der Waals surface area contributed by atoms with E-state index in [2.05, 4.69) is 23.5 Å². The average molecular weight is 423 g/mol. The quantitative estimate of drug-likeness (QED) is 0.592. The van der Waals surface area contributed by atoms with Gasteiger partial charge in [0.1, 0.15) is 0 Å². The third-order valence-corrected chi connectivity index (χ3v) is 7.05. The van der Waals surface area contributed by atoms with Crippen LogP contribution < -0.4 is 5.32 Å². The Bertz CT molecular complexity index is 1070. The number of thioether (sulfide) groups is 1. The molecule has 0 radical (unpaired) electrons. The van der Waals surface area contributed by atoms with E-state index in [4.69, 9.17) is 0 Å². The fourth-order valence-corrected chi connectivity index (χ4v) is 5.41. The number of nitrogens with zero attached hydrogens (tertiary/aromatic N) is 1. The smallest absolute Gasteiger partial charge is 0.264 e. The summed E-state index contributed by atoms with van der Waals surface area (Å²) in [7, 11) is 1.68. The molecule has 6 heteroatoms. The van der Waals surface area contributed by atoms with Gasteiger partial charge in [0.05, 0.1) is 17.1 Å². The number of hydrogen-bond acceptors (Lipinski definition) is 4. The summed E-state index contributed by atoms with van der Waals surface area (Å²) < 4.78 is 0. The van der Waals surface area contributed by atoms with Gasteiger partial charge in [-0.15, -0.1) is 23.1 Å². The van der Waals surface area contributed by atoms with E-state index in [0.29, 0.717) is 4.88 Å². The molecule has 0 atom stereocenters. The first-order valence-electron chi connectivity index (χ1n) is 9.46. The van der Waals surface area contributed by atoms with Crippen LogP contribution in [0.4, 0.5) is 5.69 Å². The topological polar surface area (TPSA) is 49.4 Å². The second-order valence-electron chi connectivity index (χ2n) is 7.03. The lowest BCUT2D eigenvalue weighted by Gasteiger charge is -2.16. The zero-order valence-corrected chi connectivity index (χ0v) is 18.0. The molecule has 0 unspecified atom stereocenters. The summed E-state index contributed by atoms with van der Waals surface area (Å²) in [5.74, 6) is -0.316. The summed E-state index contributed by atoms with van der Waals surface area (Å²) in [4.78, 5) is 29.8. The predicted molar refractivity (Wildman–Crippen MR) is 121 cm³/mol. The van der Waals surface area contributed by atoms with Crippen LogP contribution in [-0.4, -0.2) is 36.6 Å². The van der Waals surface area contributed by atoms with Crippen molar-refractivity contribution in [2.75, 3.05) is 25.2 Å². The Morgan fingerprint density at radius 3 is 2.62 bits per heavy atom. The second kappa shape index (κ2) is 8.43. The molecule has 1 aromatic heterocycles. The minimum Gasteiger partial charge on any atom is -0.332 e. The fraction of sp³-hybridized carbons (Fsp3) is 0.217. The maximum atomic E-state index is 12.9. The van der Waals surface area contributed by atoms with E-state index in [-0.39, 0.29) is 18.4 Å². The summed E-state index contributed by atoms with van der Waals surface area (Å²) in [5, 5.41) is 2.91. The van der Waals surface area contributed by atoms with E-state index in [0.717, 1.165) is 23.4 Å². The molecule has 0 spiro atoms. The van der Waals surface area contributed by atoms with Crippen LogP contribution in [-0.2, 0) is 17.6 Å². The Hall–Kier alpha value is -2.57. The summed E-state index contributed by atoms with van der Waals surface area (Å²) in [6, 6.07) is 18.0. The summed E-state index contributed by atoms with van der Waals surface area (Å²) in [5.41, 5.74) is 4.56. The Morgan fingerprint density at radius 2 is 1.79 bits per heavy atom. The number of rotatable bonds is 5. The van der Waals surface area contributed by atoms with Crippen LogP contribution in [0.25, 0.3) is 10.4 Å². The van der Waals surface area contributed by atoms with Gasteiger partial charge in [-0.05, 0) is 54.0 Å². The number of aryl methyl sites for hydroxylation is 2. The van der Waals surface area contributed by atoms with Gasteiger partial charge in [0.2, 0.25) is 5.91 Å². The van der Waals surface area contributed by atoms with Crippen LogP contribution in [0.2, 0.25) is 0 Å². The highest BCUT2D eigenvalue weighted by atomic mass is 32.2. The molecule has 0 aliphatic heterocycles. The molecule has 1 aliphatic rings. The lowest BCUT2D eigenvalue weighted by molar-refractivity contribution is -0.116. The summed E-state index contributed by atoms with van der Waals surface area (Å²) in [6.45, 7) is 0.0146. The van der Waals surface area contributed by atoms with Gasteiger partial charge in [-0.1, -0.05) is 36.4 Å². The van der Waals surface area contributed by atoms with E-state index in [1.54, 1.807) is 18.8 Å². The number of nitrogens with one attached hydrogen (secondary N) is 1. The number of anilines is 1. The molecule has 2 aromatic carbocycles. The van der Waals surface area contributed by atoms with Gasteiger partial charge in [0, 0.05) is 16.8 Å². The Morgan fingerprint density at radius 1 is 1.07 bits per heavy atom. The first kappa shape index (κ1) is 19.7. The summed E-state index contributed by atoms with van der Waals surface area (Å²) >= 11 is 3.10. The molecule has 29 heavy (non-hydrogen) atoms. The van der Waals surface area contributed by atoms with Crippen LogP contribution in [0, 0.1) is 0 Å². The number of para-hydroxylation sites is 1. The number of fused-ring (bicyclic) bond motifs is 3. The van der Waals surface area contributed by atoms with Crippen molar-refractivity contribution in [3.05, 3.63) is 70.6 Å². The first-order valence-corrected chi connectivity index (χ1v) is 11.5. The lowest BCUT2D eigenvalue weighted by atomic mass is 9.91. The highest BCUT2D eigenvalue weighted by Gasteiger charge is 2.23. The van der Waals surface area contributed by atoms with Gasteiger partial charge >= 0.3 is 0 Å². The number of carbonyl (C=O) groups excluding carboxylic acids is 2. The van der Waals surface area contributed by atoms with Crippen molar-refractivity contribution in [2.45, 2.75) is 17.7 Å². The zero-order chi connectivity index (χ0) is 20.4. The van der Waals surface area contributed by atoms with Crippen molar-refractivity contribution < 1.29 is 9.59 Å². The predicted octanol–water partition coefficient (Wildman–Crippen LogP) is 4.95. The van der Waals surface area contributed by atoms with Gasteiger partial charge < -0.3 is 10.2 Å². The normalized spacial score (nSPS) is 12.1. The second-order valence-corrected chi connectivity index (χ2v) is 8.93. The van der Waals surface area contributed by atoms with E-state index in [1.165, 1.54) is 37.8 Å². The summed E-state index contributed by atoms with van der Waals surface area (Å²) in [6.07, 6.45) is 3.92. The largest absolute Gasteiger partial charge is 0.332 e. The van der Waals surface area contributed by atoms with Crippen molar-refractivity contribution in [1.29, 1.82) is 0 Å². The lowest BCUT2D eigenvalue weighted by Crippen LogP contribution is -2.34. The van der Waals surface area contributed by atoms with Crippen molar-refractivity contribution in [2.24, 2.45) is 0 Å². The number of carbonyl (C=O) groups is 2. The molecule has 2 amide bonds. The molecule has 1 aliphatic carbocycles. The van der Waals surface area contributed by atoms with Gasteiger partial charge in [-0.3, -0.25) is 9.59 Å². The van der Waals surface area contributed by atoms with Crippen LogP contribution >= 0.6 is 23.1 Å². The molecule has 0 fully saturated rings. The minimum absolute atomic E-state index is 0.0146. The van der Waals surface area contributed by atoms with Gasteiger partial charge in [-0.25, -0.2) is 0 Å². The molecule has 4 rings (SSSR count). The van der Waals surface area contributed by atoms with Crippen molar-refractivity contribution >= 4 is 40.6 Å². The molecule has 0 bridgehead atoms. The van der Waals surface area contributed by atoms with Crippen LogP contribution in [0.1, 0.15) is 20.8 Å². The maximum Gasteiger partial charge on any atom is 0.264 e. The number of amides is 2. The fourth-order valence-electron chi connectivity index (χ4n) is 3.59. The number of thiophene rings is 1. The van der Waals surface area contributed by atoms with Crippen molar-refractivity contribution in [1.82, 2.24) is 4.90 Å². The van der Waals surface area contributed by atoms with Crippen molar-refractivity contribution in [3.8, 4) is 10.4 Å². The monoisotopic (exact) mass is 422 g/mol. The molecule has 0 saturated carbocycles. The molecular weight excluding hydrogens is 400 g/mol. The molecule has 3 aromatic rings. The van der Waals surface area contributed by atoms with E-state index in [9.17, 15) is 9.59 Å². The zero-order valence-electron chi connectivity index (χ0n) is 16.4. The molecule has 1 N–H and O–H groups in total. The van der Waals surface area contributed by atoms with Gasteiger partial charge in [-0.2, -0.15) is 0 Å². The average Bonchev–Trinajstić information content (AvgIpc) is 3.18. The van der Waals surface area contributed by atoms with Gasteiger partial charge in [0.15, 0.2) is 0 Å². The van der Waals surface area contributed by atoms with E-state index < -0.39 is 0 Å². The molecule has 1 heterocycles. The SMILES string of the molecule is CSc1ccccc1NC(=O)CN(C)C(=O)c1cc2c(s1)-c1ccccc1CC2. The molecule has 4 nitrogen and oxygen atoms in total. The third kappa shape index (κ3) is 4.09. The molecule has 0 saturated heterocycles. The highest BCUT2D eigenvalue weighted by molar-refractivity contribution is 7.98. The van der Waals surface area contributed by atoms with Gasteiger partial charge in [0.25, 0.3) is 5.91 Å². The third-order valence-electron chi connectivity index (χ3n) is 5.05. The van der Waals surface area contributed by atoms with Crippen LogP contribution in [0.3, 0.4) is 0 Å². The van der Waals surface area contributed by atoms with Crippen molar-refractivity contribution in [3.63, 3.8) is 0 Å². The Kier molecular flexibility index (Phi) is 5.74. The Balaban J connectivity index is 1.47. The maximum absolute atomic E-state index is 12.9. The Labute approximate surface area is 178 Å². The van der Waals surface area contributed by atoms with E-state index in [1.807, 2.05) is 42.7 Å². The molecule has 148 valence electrons. The number of benzene rings is 2. The highest BCUT2D eigenvalue weighted by Crippen LogP contribution is 2.39. The number of likely N-dealkylation sites (N-methyl/N-ethyl adjacent to an activating group) is 1. The minimum atomic E-state index is -0.200. The van der Waals surface area contributed by atoms with Crippen LogP contribution in [0.15, 0.2) is 59.5 Å². The molecular formula is C23H22N2O2S2. The van der Waals surface area contributed by atoms with Crippen LogP contribution in [0.5, 0.6) is 0 Å². The number of hydrogen-bond donors (Lipinski definition) is 1. The first-order chi connectivity index (χ1) is 14.1. The standard InChI is InChI=1S/C23H22N2O2S2/c1-25(14-21(26)24-18-9-5-6-10-19(18)28-2)23(27)20-13-16-12-11-15-7-3-4-8-17(15)22(16)29-20/h3-10,13H,11-12,14H2,1-2H3,(H,24,26).